The van der Waals surface area contributed by atoms with Gasteiger partial charge >= 0.3 is 0 Å². The highest BCUT2D eigenvalue weighted by Crippen LogP contribution is 2.28. The lowest BCUT2D eigenvalue weighted by Gasteiger charge is -2.15. The predicted octanol–water partition coefficient (Wildman–Crippen LogP) is 3.21. The van der Waals surface area contributed by atoms with Crippen molar-refractivity contribution in [1.82, 2.24) is 9.78 Å². The molecule has 2 heterocycles. The van der Waals surface area contributed by atoms with Crippen LogP contribution in [0.1, 0.15) is 16.1 Å². The summed E-state index contributed by atoms with van der Waals surface area (Å²) in [4.78, 5) is 14.5. The first-order chi connectivity index (χ1) is 11.2. The van der Waals surface area contributed by atoms with Gasteiger partial charge in [0.1, 0.15) is 5.82 Å². The molecule has 23 heavy (non-hydrogen) atoms. The summed E-state index contributed by atoms with van der Waals surface area (Å²) < 4.78 is 14.6. The summed E-state index contributed by atoms with van der Waals surface area (Å²) in [7, 11) is 0. The van der Waals surface area contributed by atoms with Gasteiger partial charge in [0.25, 0.3) is 5.91 Å². The Hall–Kier alpha value is -2.95. The summed E-state index contributed by atoms with van der Waals surface area (Å²) in [5.41, 5.74) is 3.23. The van der Waals surface area contributed by atoms with Crippen LogP contribution in [0, 0.1) is 5.82 Å². The van der Waals surface area contributed by atoms with Crippen molar-refractivity contribution in [1.29, 1.82) is 0 Å². The molecule has 0 spiro atoms. The smallest absolute Gasteiger partial charge is 0.278 e. The molecule has 5 heteroatoms. The number of carbonyl (C=O) groups excluding carboxylic acids is 1. The van der Waals surface area contributed by atoms with Gasteiger partial charge in [-0.15, -0.1) is 0 Å². The molecule has 0 radical (unpaired) electrons. The van der Waals surface area contributed by atoms with Gasteiger partial charge < -0.3 is 4.90 Å². The Morgan fingerprint density at radius 2 is 1.83 bits per heavy atom. The van der Waals surface area contributed by atoms with Crippen LogP contribution in [-0.4, -0.2) is 22.2 Å². The van der Waals surface area contributed by atoms with E-state index in [-0.39, 0.29) is 11.7 Å². The van der Waals surface area contributed by atoms with Crippen molar-refractivity contribution in [2.75, 3.05) is 11.4 Å². The van der Waals surface area contributed by atoms with Crippen molar-refractivity contribution in [2.24, 2.45) is 0 Å². The average molecular weight is 307 g/mol. The number of aromatic nitrogens is 2. The largest absolute Gasteiger partial charge is 0.306 e. The number of rotatable bonds is 2. The Bertz CT molecular complexity index is 870. The lowest BCUT2D eigenvalue weighted by atomic mass is 10.2. The maximum absolute atomic E-state index is 13.0. The number of anilines is 1. The zero-order valence-electron chi connectivity index (χ0n) is 12.3. The highest BCUT2D eigenvalue weighted by molar-refractivity contribution is 6.06. The minimum atomic E-state index is -0.300. The van der Waals surface area contributed by atoms with Gasteiger partial charge in [-0.05, 0) is 48.4 Å². The van der Waals surface area contributed by atoms with Gasteiger partial charge in [-0.25, -0.2) is 9.07 Å². The summed E-state index contributed by atoms with van der Waals surface area (Å²) in [6.07, 6.45) is 2.57. The Balaban J connectivity index is 1.62. The van der Waals surface area contributed by atoms with Crippen LogP contribution < -0.4 is 4.90 Å². The number of hydrogen-bond donors (Lipinski definition) is 0. The highest BCUT2D eigenvalue weighted by Gasteiger charge is 2.26. The molecule has 4 rings (SSSR count). The van der Waals surface area contributed by atoms with Gasteiger partial charge in [0.2, 0.25) is 0 Å². The van der Waals surface area contributed by atoms with E-state index >= 15 is 0 Å². The molecular weight excluding hydrogens is 293 g/mol. The lowest BCUT2D eigenvalue weighted by molar-refractivity contribution is 0.0984. The second kappa shape index (κ2) is 5.35. The third kappa shape index (κ3) is 2.40. The van der Waals surface area contributed by atoms with Crippen LogP contribution >= 0.6 is 0 Å². The molecule has 0 atom stereocenters. The summed E-state index contributed by atoms with van der Waals surface area (Å²) in [6.45, 7) is 0.668. The highest BCUT2D eigenvalue weighted by atomic mass is 19.1. The predicted molar refractivity (Wildman–Crippen MR) is 85.3 cm³/mol. The molecule has 1 aliphatic heterocycles. The molecule has 0 aliphatic carbocycles. The molecule has 0 saturated carbocycles. The number of hydrogen-bond acceptors (Lipinski definition) is 2. The molecular formula is C18H14FN3O. The van der Waals surface area contributed by atoms with Crippen LogP contribution in [0.2, 0.25) is 0 Å². The molecule has 1 aliphatic rings. The first-order valence-corrected chi connectivity index (χ1v) is 7.44. The SMILES string of the molecule is O=C(c1ccn(-c2ccc(F)cc2)n1)N1CCc2ccccc21. The summed E-state index contributed by atoms with van der Waals surface area (Å²) in [5.74, 6) is -0.415. The van der Waals surface area contributed by atoms with E-state index in [2.05, 4.69) is 5.10 Å². The van der Waals surface area contributed by atoms with E-state index in [1.54, 1.807) is 34.0 Å². The fraction of sp³-hybridized carbons (Fsp3) is 0.111. The molecule has 1 amide bonds. The van der Waals surface area contributed by atoms with Gasteiger partial charge in [0, 0.05) is 18.4 Å². The summed E-state index contributed by atoms with van der Waals surface area (Å²) in [5, 5.41) is 4.33. The van der Waals surface area contributed by atoms with E-state index in [4.69, 9.17) is 0 Å². The topological polar surface area (TPSA) is 38.1 Å². The zero-order valence-corrected chi connectivity index (χ0v) is 12.3. The normalized spacial score (nSPS) is 13.2. The zero-order chi connectivity index (χ0) is 15.8. The molecule has 3 aromatic rings. The Morgan fingerprint density at radius 1 is 1.04 bits per heavy atom. The van der Waals surface area contributed by atoms with E-state index in [0.29, 0.717) is 17.9 Å². The van der Waals surface area contributed by atoms with Crippen LogP contribution in [0.5, 0.6) is 0 Å². The van der Waals surface area contributed by atoms with Crippen molar-refractivity contribution < 1.29 is 9.18 Å². The van der Waals surface area contributed by atoms with Crippen molar-refractivity contribution in [2.45, 2.75) is 6.42 Å². The van der Waals surface area contributed by atoms with Gasteiger partial charge in [-0.2, -0.15) is 5.10 Å². The van der Waals surface area contributed by atoms with Gasteiger partial charge in [-0.3, -0.25) is 4.79 Å². The monoisotopic (exact) mass is 307 g/mol. The molecule has 2 aromatic carbocycles. The second-order valence-corrected chi connectivity index (χ2v) is 5.46. The molecule has 1 aromatic heterocycles. The first kappa shape index (κ1) is 13.7. The number of para-hydroxylation sites is 1. The minimum absolute atomic E-state index is 0.115. The van der Waals surface area contributed by atoms with Crippen molar-refractivity contribution in [3.63, 3.8) is 0 Å². The number of halogens is 1. The maximum atomic E-state index is 13.0. The van der Waals surface area contributed by atoms with Crippen molar-refractivity contribution in [3.8, 4) is 5.69 Å². The third-order valence-electron chi connectivity index (χ3n) is 4.03. The van der Waals surface area contributed by atoms with Crippen LogP contribution in [0.3, 0.4) is 0 Å². The molecule has 0 N–H and O–H groups in total. The number of carbonyl (C=O) groups is 1. The minimum Gasteiger partial charge on any atom is -0.306 e. The van der Waals surface area contributed by atoms with E-state index in [1.165, 1.54) is 17.7 Å². The maximum Gasteiger partial charge on any atom is 0.278 e. The molecule has 4 nitrogen and oxygen atoms in total. The summed E-state index contributed by atoms with van der Waals surface area (Å²) in [6, 6.07) is 15.6. The van der Waals surface area contributed by atoms with Gasteiger partial charge in [0.05, 0.1) is 5.69 Å². The fourth-order valence-corrected chi connectivity index (χ4v) is 2.86. The lowest BCUT2D eigenvalue weighted by Crippen LogP contribution is -2.29. The second-order valence-electron chi connectivity index (χ2n) is 5.46. The van der Waals surface area contributed by atoms with Gasteiger partial charge in [-0.1, -0.05) is 18.2 Å². The summed E-state index contributed by atoms with van der Waals surface area (Å²) >= 11 is 0. The Labute approximate surface area is 132 Å². The third-order valence-corrected chi connectivity index (χ3v) is 4.03. The molecule has 0 bridgehead atoms. The number of nitrogens with zero attached hydrogens (tertiary/aromatic N) is 3. The molecule has 0 fully saturated rings. The van der Waals surface area contributed by atoms with E-state index in [9.17, 15) is 9.18 Å². The average Bonchev–Trinajstić information content (AvgIpc) is 3.22. The molecule has 0 saturated heterocycles. The number of amides is 1. The van der Waals surface area contributed by atoms with E-state index < -0.39 is 0 Å². The van der Waals surface area contributed by atoms with Crippen LogP contribution in [-0.2, 0) is 6.42 Å². The van der Waals surface area contributed by atoms with Crippen molar-refractivity contribution >= 4 is 11.6 Å². The number of fused-ring (bicyclic) bond motifs is 1. The first-order valence-electron chi connectivity index (χ1n) is 7.44. The quantitative estimate of drug-likeness (QED) is 0.729. The van der Waals surface area contributed by atoms with Crippen molar-refractivity contribution in [3.05, 3.63) is 77.9 Å². The van der Waals surface area contributed by atoms with E-state index in [1.807, 2.05) is 24.3 Å². The molecule has 114 valence electrons. The number of benzene rings is 2. The van der Waals surface area contributed by atoms with Crippen LogP contribution in [0.4, 0.5) is 10.1 Å². The standard InChI is InChI=1S/C18H14FN3O/c19-14-5-7-15(8-6-14)22-12-10-16(20-22)18(23)21-11-9-13-3-1-2-4-17(13)21/h1-8,10,12H,9,11H2. The fourth-order valence-electron chi connectivity index (χ4n) is 2.86. The van der Waals surface area contributed by atoms with E-state index in [0.717, 1.165) is 12.1 Å². The van der Waals surface area contributed by atoms with Crippen LogP contribution in [0.25, 0.3) is 5.69 Å². The Morgan fingerprint density at radius 3 is 2.65 bits per heavy atom. The molecule has 0 unspecified atom stereocenters. The Kier molecular flexibility index (Phi) is 3.19. The van der Waals surface area contributed by atoms with Gasteiger partial charge in [0.15, 0.2) is 5.69 Å². The van der Waals surface area contributed by atoms with Crippen LogP contribution in [0.15, 0.2) is 60.8 Å².